The van der Waals surface area contributed by atoms with Gasteiger partial charge in [0.25, 0.3) is 0 Å². The van der Waals surface area contributed by atoms with Gasteiger partial charge in [-0.3, -0.25) is 4.79 Å². The average Bonchev–Trinajstić information content (AvgIpc) is 2.85. The maximum absolute atomic E-state index is 12.8. The van der Waals surface area contributed by atoms with E-state index in [0.717, 1.165) is 35.3 Å². The molecule has 0 radical (unpaired) electrons. The zero-order valence-electron chi connectivity index (χ0n) is 16.4. The molecule has 0 unspecified atom stereocenters. The summed E-state index contributed by atoms with van der Waals surface area (Å²) in [4.78, 5) is 28.6. The molecule has 26 heavy (non-hydrogen) atoms. The molecule has 6 heteroatoms. The Morgan fingerprint density at radius 1 is 1.12 bits per heavy atom. The number of amides is 3. The quantitative estimate of drug-likeness (QED) is 0.876. The van der Waals surface area contributed by atoms with Gasteiger partial charge in [-0.15, -0.1) is 0 Å². The number of carbonyl (C=O) groups excluding carboxylic acids is 2. The zero-order chi connectivity index (χ0) is 19.1. The number of rotatable bonds is 5. The van der Waals surface area contributed by atoms with Crippen LogP contribution < -0.4 is 10.1 Å². The molecule has 6 nitrogen and oxygen atoms in total. The number of nitrogens with one attached hydrogen (secondary N) is 1. The van der Waals surface area contributed by atoms with Gasteiger partial charge in [-0.2, -0.15) is 0 Å². The second-order valence-electron chi connectivity index (χ2n) is 6.90. The highest BCUT2D eigenvalue weighted by atomic mass is 16.5. The van der Waals surface area contributed by atoms with Gasteiger partial charge in [0.1, 0.15) is 5.75 Å². The van der Waals surface area contributed by atoms with Gasteiger partial charge in [-0.05, 0) is 32.3 Å². The minimum atomic E-state index is -0.0304. The van der Waals surface area contributed by atoms with Crippen LogP contribution in [-0.2, 0) is 11.2 Å². The number of aryl methyl sites for hydroxylation is 2. The first-order valence-electron chi connectivity index (χ1n) is 9.41. The van der Waals surface area contributed by atoms with Crippen molar-refractivity contribution < 1.29 is 14.3 Å². The summed E-state index contributed by atoms with van der Waals surface area (Å²) in [5.41, 5.74) is 3.10. The molecule has 0 bridgehead atoms. The number of hydrogen-bond donors (Lipinski definition) is 1. The van der Waals surface area contributed by atoms with Crippen LogP contribution in [0, 0.1) is 13.8 Å². The molecular weight excluding hydrogens is 330 g/mol. The fourth-order valence-electron chi connectivity index (χ4n) is 3.45. The van der Waals surface area contributed by atoms with Crippen molar-refractivity contribution in [2.45, 2.75) is 40.0 Å². The van der Waals surface area contributed by atoms with Crippen LogP contribution in [0.25, 0.3) is 0 Å². The summed E-state index contributed by atoms with van der Waals surface area (Å²) in [6.45, 7) is 9.26. The first-order chi connectivity index (χ1) is 12.5. The Balaban J connectivity index is 2.00. The maximum atomic E-state index is 12.8. The van der Waals surface area contributed by atoms with E-state index in [9.17, 15) is 9.59 Å². The van der Waals surface area contributed by atoms with Gasteiger partial charge in [0.15, 0.2) is 0 Å². The lowest BCUT2D eigenvalue weighted by atomic mass is 10.0. The third-order valence-electron chi connectivity index (χ3n) is 4.70. The number of methoxy groups -OCH3 is 1. The van der Waals surface area contributed by atoms with Crippen molar-refractivity contribution in [3.63, 3.8) is 0 Å². The van der Waals surface area contributed by atoms with Crippen molar-refractivity contribution in [2.24, 2.45) is 0 Å². The molecule has 1 fully saturated rings. The molecule has 1 N–H and O–H groups in total. The van der Waals surface area contributed by atoms with Crippen LogP contribution in [0.5, 0.6) is 5.75 Å². The fourth-order valence-corrected chi connectivity index (χ4v) is 3.45. The van der Waals surface area contributed by atoms with Crippen LogP contribution >= 0.6 is 0 Å². The van der Waals surface area contributed by atoms with E-state index < -0.39 is 0 Å². The highest BCUT2D eigenvalue weighted by Gasteiger charge is 2.23. The molecule has 1 aliphatic heterocycles. The summed E-state index contributed by atoms with van der Waals surface area (Å²) in [5.74, 6) is 0.878. The van der Waals surface area contributed by atoms with Crippen LogP contribution in [0.3, 0.4) is 0 Å². The molecule has 0 atom stereocenters. The topological polar surface area (TPSA) is 61.9 Å². The van der Waals surface area contributed by atoms with Crippen molar-refractivity contribution >= 4 is 11.9 Å². The number of carbonyl (C=O) groups is 2. The van der Waals surface area contributed by atoms with Crippen LogP contribution in [0.1, 0.15) is 36.5 Å². The molecule has 1 aliphatic rings. The Labute approximate surface area is 156 Å². The van der Waals surface area contributed by atoms with Gasteiger partial charge >= 0.3 is 6.03 Å². The standard InChI is InChI=1S/C20H31N3O3/c1-5-7-21-20(25)23-9-6-8-22(10-11-23)18(24)14-17-13-15(2)12-16(3)19(17)26-4/h12-13H,5-11,14H2,1-4H3,(H,21,25). The number of nitrogens with zero attached hydrogens (tertiary/aromatic N) is 2. The van der Waals surface area contributed by atoms with Crippen molar-refractivity contribution in [1.82, 2.24) is 15.1 Å². The van der Waals surface area contributed by atoms with E-state index in [2.05, 4.69) is 11.4 Å². The predicted molar refractivity (Wildman–Crippen MR) is 103 cm³/mol. The van der Waals surface area contributed by atoms with Crippen LogP contribution in [-0.4, -0.2) is 61.6 Å². The van der Waals surface area contributed by atoms with Gasteiger partial charge in [0.05, 0.1) is 13.5 Å². The molecule has 3 amide bonds. The Hall–Kier alpha value is -2.24. The molecule has 1 aromatic rings. The van der Waals surface area contributed by atoms with E-state index in [-0.39, 0.29) is 11.9 Å². The Bertz CT molecular complexity index is 645. The number of urea groups is 1. The highest BCUT2D eigenvalue weighted by Crippen LogP contribution is 2.26. The average molecular weight is 361 g/mol. The normalized spacial score (nSPS) is 14.8. The van der Waals surface area contributed by atoms with Crippen molar-refractivity contribution in [1.29, 1.82) is 0 Å². The molecular formula is C20H31N3O3. The first-order valence-corrected chi connectivity index (χ1v) is 9.41. The molecule has 1 heterocycles. The second-order valence-corrected chi connectivity index (χ2v) is 6.90. The maximum Gasteiger partial charge on any atom is 0.317 e. The monoisotopic (exact) mass is 361 g/mol. The molecule has 0 saturated carbocycles. The van der Waals surface area contributed by atoms with E-state index in [1.165, 1.54) is 0 Å². The Morgan fingerprint density at radius 3 is 2.50 bits per heavy atom. The summed E-state index contributed by atoms with van der Waals surface area (Å²) in [6.07, 6.45) is 2.05. The third kappa shape index (κ3) is 5.13. The first kappa shape index (κ1) is 20.1. The third-order valence-corrected chi connectivity index (χ3v) is 4.70. The second kappa shape index (κ2) is 9.46. The molecule has 1 aromatic carbocycles. The Kier molecular flexibility index (Phi) is 7.30. The zero-order valence-corrected chi connectivity index (χ0v) is 16.4. The Morgan fingerprint density at radius 2 is 1.81 bits per heavy atom. The van der Waals surface area contributed by atoms with Crippen molar-refractivity contribution in [3.8, 4) is 5.75 Å². The molecule has 1 saturated heterocycles. The van der Waals surface area contributed by atoms with E-state index >= 15 is 0 Å². The summed E-state index contributed by atoms with van der Waals surface area (Å²) in [7, 11) is 1.64. The predicted octanol–water partition coefficient (Wildman–Crippen LogP) is 2.51. The van der Waals surface area contributed by atoms with Crippen molar-refractivity contribution in [3.05, 3.63) is 28.8 Å². The van der Waals surface area contributed by atoms with Crippen molar-refractivity contribution in [2.75, 3.05) is 39.8 Å². The fraction of sp³-hybridized carbons (Fsp3) is 0.600. The summed E-state index contributed by atoms with van der Waals surface area (Å²) in [6, 6.07) is 4.05. The van der Waals surface area contributed by atoms with Gasteiger partial charge < -0.3 is 19.9 Å². The van der Waals surface area contributed by atoms with Gasteiger partial charge in [0, 0.05) is 38.3 Å². The minimum Gasteiger partial charge on any atom is -0.496 e. The molecule has 144 valence electrons. The molecule has 0 spiro atoms. The summed E-state index contributed by atoms with van der Waals surface area (Å²) >= 11 is 0. The van der Waals surface area contributed by atoms with E-state index in [1.54, 1.807) is 12.0 Å². The number of benzene rings is 1. The highest BCUT2D eigenvalue weighted by molar-refractivity contribution is 5.80. The smallest absolute Gasteiger partial charge is 0.317 e. The molecule has 0 aliphatic carbocycles. The van der Waals surface area contributed by atoms with E-state index in [1.807, 2.05) is 31.7 Å². The lowest BCUT2D eigenvalue weighted by Crippen LogP contribution is -2.43. The van der Waals surface area contributed by atoms with Crippen LogP contribution in [0.15, 0.2) is 12.1 Å². The van der Waals surface area contributed by atoms with Crippen LogP contribution in [0.4, 0.5) is 4.79 Å². The lowest BCUT2D eigenvalue weighted by molar-refractivity contribution is -0.130. The summed E-state index contributed by atoms with van der Waals surface area (Å²) in [5, 5.41) is 2.91. The van der Waals surface area contributed by atoms with Crippen LogP contribution in [0.2, 0.25) is 0 Å². The number of hydrogen-bond acceptors (Lipinski definition) is 3. The SMILES string of the molecule is CCCNC(=O)N1CCCN(C(=O)Cc2cc(C)cc(C)c2OC)CC1. The number of ether oxygens (including phenoxy) is 1. The van der Waals surface area contributed by atoms with Gasteiger partial charge in [0.2, 0.25) is 5.91 Å². The largest absolute Gasteiger partial charge is 0.496 e. The van der Waals surface area contributed by atoms with E-state index in [0.29, 0.717) is 39.1 Å². The van der Waals surface area contributed by atoms with Gasteiger partial charge in [-0.25, -0.2) is 4.79 Å². The lowest BCUT2D eigenvalue weighted by Gasteiger charge is -2.23. The van der Waals surface area contributed by atoms with Gasteiger partial charge in [-0.1, -0.05) is 24.6 Å². The molecule has 0 aromatic heterocycles. The minimum absolute atomic E-state index is 0.0304. The summed E-state index contributed by atoms with van der Waals surface area (Å²) < 4.78 is 5.50. The van der Waals surface area contributed by atoms with E-state index in [4.69, 9.17) is 4.74 Å². The molecule has 2 rings (SSSR count).